The number of hydrogen-bond donors (Lipinski definition) is 2. The van der Waals surface area contributed by atoms with E-state index < -0.39 is 5.97 Å². The van der Waals surface area contributed by atoms with E-state index in [1.807, 2.05) is 26.0 Å². The van der Waals surface area contributed by atoms with Gasteiger partial charge in [-0.05, 0) is 38.5 Å². The minimum atomic E-state index is -0.943. The topological polar surface area (TPSA) is 66.2 Å². The van der Waals surface area contributed by atoms with Gasteiger partial charge < -0.3 is 14.5 Å². The Balaban J connectivity index is 2.53. The second-order valence-electron chi connectivity index (χ2n) is 3.87. The van der Waals surface area contributed by atoms with Gasteiger partial charge in [0.1, 0.15) is 17.2 Å². The molecular formula is C12H13NO3. The minimum absolute atomic E-state index is 0.230. The molecule has 4 nitrogen and oxygen atoms in total. The van der Waals surface area contributed by atoms with Crippen LogP contribution in [0.15, 0.2) is 16.5 Å². The first-order chi connectivity index (χ1) is 7.49. The molecule has 0 fully saturated rings. The number of hydrogen-bond acceptors (Lipinski definition) is 2. The summed E-state index contributed by atoms with van der Waals surface area (Å²) in [5.74, 6) is 0.661. The lowest BCUT2D eigenvalue weighted by Gasteiger charge is -1.93. The SMILES string of the molecule is Cc1cc(-c2cc(C)c(C(=O)O)[nH]2)c(C)o1. The quantitative estimate of drug-likeness (QED) is 0.816. The molecular weight excluding hydrogens is 206 g/mol. The number of carboxylic acid groups (broad SMARTS) is 1. The van der Waals surface area contributed by atoms with E-state index in [0.717, 1.165) is 28.3 Å². The molecule has 0 unspecified atom stereocenters. The summed E-state index contributed by atoms with van der Waals surface area (Å²) in [6, 6.07) is 3.72. The highest BCUT2D eigenvalue weighted by Gasteiger charge is 2.15. The molecule has 2 rings (SSSR count). The van der Waals surface area contributed by atoms with Crippen LogP contribution in [0, 0.1) is 20.8 Å². The Kier molecular flexibility index (Phi) is 2.34. The van der Waals surface area contributed by atoms with Crippen LogP contribution in [0.25, 0.3) is 11.3 Å². The van der Waals surface area contributed by atoms with Crippen molar-refractivity contribution in [2.75, 3.05) is 0 Å². The second kappa shape index (κ2) is 3.56. The third-order valence-corrected chi connectivity index (χ3v) is 2.56. The van der Waals surface area contributed by atoms with E-state index in [9.17, 15) is 4.79 Å². The van der Waals surface area contributed by atoms with Crippen LogP contribution in [0.3, 0.4) is 0 Å². The molecule has 0 radical (unpaired) electrons. The lowest BCUT2D eigenvalue weighted by molar-refractivity contribution is 0.0690. The van der Waals surface area contributed by atoms with Crippen LogP contribution in [0.2, 0.25) is 0 Å². The molecule has 2 aromatic heterocycles. The molecule has 4 heteroatoms. The van der Waals surface area contributed by atoms with Crippen LogP contribution < -0.4 is 0 Å². The van der Waals surface area contributed by atoms with Crippen LogP contribution >= 0.6 is 0 Å². The number of H-pyrrole nitrogens is 1. The summed E-state index contributed by atoms with van der Waals surface area (Å²) in [6.07, 6.45) is 0. The van der Waals surface area contributed by atoms with E-state index in [2.05, 4.69) is 4.98 Å². The first kappa shape index (κ1) is 10.5. The first-order valence-electron chi connectivity index (χ1n) is 4.99. The van der Waals surface area contributed by atoms with E-state index in [-0.39, 0.29) is 5.69 Å². The Hall–Kier alpha value is -1.97. The fraction of sp³-hybridized carbons (Fsp3) is 0.250. The van der Waals surface area contributed by atoms with Crippen molar-refractivity contribution >= 4 is 5.97 Å². The zero-order valence-corrected chi connectivity index (χ0v) is 9.42. The number of carbonyl (C=O) groups is 1. The van der Waals surface area contributed by atoms with Gasteiger partial charge in [-0.2, -0.15) is 0 Å². The normalized spacial score (nSPS) is 10.7. The van der Waals surface area contributed by atoms with Gasteiger partial charge in [0.15, 0.2) is 0 Å². The summed E-state index contributed by atoms with van der Waals surface area (Å²) in [5, 5.41) is 8.95. The highest BCUT2D eigenvalue weighted by Crippen LogP contribution is 2.27. The molecule has 0 aromatic carbocycles. The van der Waals surface area contributed by atoms with Crippen LogP contribution in [0.5, 0.6) is 0 Å². The van der Waals surface area contributed by atoms with E-state index in [1.165, 1.54) is 0 Å². The van der Waals surface area contributed by atoms with E-state index >= 15 is 0 Å². The van der Waals surface area contributed by atoms with Crippen molar-refractivity contribution in [1.29, 1.82) is 0 Å². The van der Waals surface area contributed by atoms with Crippen LogP contribution in [-0.4, -0.2) is 16.1 Å². The average molecular weight is 219 g/mol. The number of aromatic nitrogens is 1. The molecule has 0 amide bonds. The Bertz CT molecular complexity index is 549. The molecule has 2 N–H and O–H groups in total. The maximum atomic E-state index is 10.9. The maximum Gasteiger partial charge on any atom is 0.352 e. The van der Waals surface area contributed by atoms with Gasteiger partial charge in [-0.25, -0.2) is 4.79 Å². The molecule has 0 atom stereocenters. The standard InChI is InChI=1S/C12H13NO3/c1-6-4-10(13-11(6)12(14)15)9-5-7(2)16-8(9)3/h4-5,13H,1-3H3,(H,14,15). The molecule has 0 bridgehead atoms. The maximum absolute atomic E-state index is 10.9. The third kappa shape index (κ3) is 1.62. The Morgan fingerprint density at radius 3 is 2.44 bits per heavy atom. The van der Waals surface area contributed by atoms with E-state index in [0.29, 0.717) is 0 Å². The van der Waals surface area contributed by atoms with Gasteiger partial charge in [0, 0.05) is 11.3 Å². The van der Waals surface area contributed by atoms with Crippen molar-refractivity contribution < 1.29 is 14.3 Å². The highest BCUT2D eigenvalue weighted by atomic mass is 16.4. The Morgan fingerprint density at radius 2 is 2.00 bits per heavy atom. The number of furan rings is 1. The van der Waals surface area contributed by atoms with E-state index in [1.54, 1.807) is 6.92 Å². The van der Waals surface area contributed by atoms with Gasteiger partial charge in [0.05, 0.1) is 0 Å². The van der Waals surface area contributed by atoms with E-state index in [4.69, 9.17) is 9.52 Å². The summed E-state index contributed by atoms with van der Waals surface area (Å²) in [7, 11) is 0. The van der Waals surface area contributed by atoms with Crippen molar-refractivity contribution in [2.45, 2.75) is 20.8 Å². The lowest BCUT2D eigenvalue weighted by Crippen LogP contribution is -1.98. The van der Waals surface area contributed by atoms with Gasteiger partial charge in [-0.3, -0.25) is 0 Å². The highest BCUT2D eigenvalue weighted by molar-refractivity contribution is 5.89. The van der Waals surface area contributed by atoms with Crippen LogP contribution in [0.1, 0.15) is 27.6 Å². The molecule has 0 aliphatic carbocycles. The third-order valence-electron chi connectivity index (χ3n) is 2.56. The monoisotopic (exact) mass is 219 g/mol. The summed E-state index contributed by atoms with van der Waals surface area (Å²) in [4.78, 5) is 13.8. The number of rotatable bonds is 2. The summed E-state index contributed by atoms with van der Waals surface area (Å²) < 4.78 is 5.41. The number of nitrogens with one attached hydrogen (secondary N) is 1. The fourth-order valence-electron chi connectivity index (χ4n) is 1.82. The number of aromatic carboxylic acids is 1. The van der Waals surface area contributed by atoms with Gasteiger partial charge in [-0.1, -0.05) is 0 Å². The van der Waals surface area contributed by atoms with Gasteiger partial charge in [-0.15, -0.1) is 0 Å². The molecule has 2 heterocycles. The Labute approximate surface area is 92.9 Å². The molecule has 16 heavy (non-hydrogen) atoms. The van der Waals surface area contributed by atoms with Gasteiger partial charge in [0.25, 0.3) is 0 Å². The molecule has 0 aliphatic rings. The molecule has 84 valence electrons. The largest absolute Gasteiger partial charge is 0.477 e. The molecule has 0 saturated carbocycles. The predicted octanol–water partition coefficient (Wildman–Crippen LogP) is 2.90. The van der Waals surface area contributed by atoms with Crippen molar-refractivity contribution in [3.63, 3.8) is 0 Å². The predicted molar refractivity (Wildman–Crippen MR) is 59.7 cm³/mol. The molecule has 2 aromatic rings. The number of carboxylic acids is 1. The molecule has 0 saturated heterocycles. The van der Waals surface area contributed by atoms with Crippen molar-refractivity contribution in [1.82, 2.24) is 4.98 Å². The van der Waals surface area contributed by atoms with Crippen LogP contribution in [0.4, 0.5) is 0 Å². The van der Waals surface area contributed by atoms with Crippen molar-refractivity contribution in [2.24, 2.45) is 0 Å². The molecule has 0 aliphatic heterocycles. The summed E-state index contributed by atoms with van der Waals surface area (Å²) in [6.45, 7) is 5.50. The van der Waals surface area contributed by atoms with Crippen molar-refractivity contribution in [3.05, 3.63) is 34.9 Å². The number of aromatic amines is 1. The smallest absolute Gasteiger partial charge is 0.352 e. The first-order valence-corrected chi connectivity index (χ1v) is 4.99. The number of aryl methyl sites for hydroxylation is 3. The fourth-order valence-corrected chi connectivity index (χ4v) is 1.82. The van der Waals surface area contributed by atoms with Crippen LogP contribution in [-0.2, 0) is 0 Å². The zero-order chi connectivity index (χ0) is 11.9. The zero-order valence-electron chi connectivity index (χ0n) is 9.42. The summed E-state index contributed by atoms with van der Waals surface area (Å²) in [5.41, 5.74) is 2.64. The summed E-state index contributed by atoms with van der Waals surface area (Å²) >= 11 is 0. The molecule has 0 spiro atoms. The van der Waals surface area contributed by atoms with Gasteiger partial charge in [0.2, 0.25) is 0 Å². The minimum Gasteiger partial charge on any atom is -0.477 e. The average Bonchev–Trinajstić information content (AvgIpc) is 2.69. The lowest BCUT2D eigenvalue weighted by atomic mass is 10.1. The van der Waals surface area contributed by atoms with Gasteiger partial charge >= 0.3 is 5.97 Å². The second-order valence-corrected chi connectivity index (χ2v) is 3.87. The Morgan fingerprint density at radius 1 is 1.31 bits per heavy atom. The van der Waals surface area contributed by atoms with Crippen molar-refractivity contribution in [3.8, 4) is 11.3 Å².